The van der Waals surface area contributed by atoms with Crippen molar-refractivity contribution in [2.45, 2.75) is 96.9 Å². The Hall–Kier alpha value is -1.04. The van der Waals surface area contributed by atoms with E-state index in [9.17, 15) is 14.7 Å². The summed E-state index contributed by atoms with van der Waals surface area (Å²) in [6, 6.07) is 0. The molecule has 0 saturated heterocycles. The molecule has 31 heavy (non-hydrogen) atoms. The molecule has 1 fully saturated rings. The summed E-state index contributed by atoms with van der Waals surface area (Å²) in [6.07, 6.45) is 5.55. The van der Waals surface area contributed by atoms with Gasteiger partial charge in [-0.15, -0.1) is 0 Å². The summed E-state index contributed by atoms with van der Waals surface area (Å²) in [5.74, 6) is 0.263. The molecule has 0 unspecified atom stereocenters. The van der Waals surface area contributed by atoms with Gasteiger partial charge in [0.05, 0.1) is 6.61 Å². The Balaban J connectivity index is 1.98. The number of hydrogen-bond donors (Lipinski definition) is 1. The summed E-state index contributed by atoms with van der Waals surface area (Å²) in [4.78, 5) is 25.5. The smallest absolute Gasteiger partial charge is 0.200 e. The summed E-state index contributed by atoms with van der Waals surface area (Å²) >= 11 is 0. The normalized spacial score (nSPS) is 34.1. The summed E-state index contributed by atoms with van der Waals surface area (Å²) in [7, 11) is -2.07. The fourth-order valence-electron chi connectivity index (χ4n) is 7.32. The minimum absolute atomic E-state index is 0.0667. The van der Waals surface area contributed by atoms with Crippen LogP contribution in [0.4, 0.5) is 0 Å². The fraction of sp³-hybridized carbons (Fsp3) is 0.769. The molecule has 1 saturated carbocycles. The third-order valence-corrected chi connectivity index (χ3v) is 14.5. The summed E-state index contributed by atoms with van der Waals surface area (Å²) in [5.41, 5.74) is 1.66. The molecule has 0 spiro atoms. The van der Waals surface area contributed by atoms with Crippen LogP contribution < -0.4 is 0 Å². The van der Waals surface area contributed by atoms with Gasteiger partial charge in [0, 0.05) is 25.2 Å². The lowest BCUT2D eigenvalue weighted by Crippen LogP contribution is -2.49. The van der Waals surface area contributed by atoms with E-state index in [1.807, 2.05) is 13.0 Å². The maximum Gasteiger partial charge on any atom is 0.200 e. The highest BCUT2D eigenvalue weighted by molar-refractivity contribution is 6.77. The third kappa shape index (κ3) is 4.06. The quantitative estimate of drug-likeness (QED) is 0.425. The van der Waals surface area contributed by atoms with Crippen LogP contribution in [0.5, 0.6) is 0 Å². The van der Waals surface area contributed by atoms with Crippen molar-refractivity contribution in [2.24, 2.45) is 23.7 Å². The van der Waals surface area contributed by atoms with Gasteiger partial charge < -0.3 is 9.53 Å². The van der Waals surface area contributed by atoms with E-state index in [1.165, 1.54) is 0 Å². The minimum atomic E-state index is -2.07. The lowest BCUT2D eigenvalue weighted by Gasteiger charge is -2.42. The molecule has 0 bridgehead atoms. The van der Waals surface area contributed by atoms with E-state index in [2.05, 4.69) is 54.5 Å². The van der Waals surface area contributed by atoms with Gasteiger partial charge in [0.2, 0.25) is 8.32 Å². The van der Waals surface area contributed by atoms with Crippen LogP contribution in [0.1, 0.15) is 74.7 Å². The molecule has 0 aromatic heterocycles. The molecule has 3 aliphatic rings. The van der Waals surface area contributed by atoms with Crippen molar-refractivity contribution >= 4 is 19.9 Å². The second kappa shape index (κ2) is 8.72. The standard InChI is InChI=1S/C26H42O4Si/c1-15(2)31(16(3)4,17(5)6)30-14-20-11-21-12-22(27)9-18(7)24(21)23-10-19(8)25(28)26(23,29)13-20/h10-11,15-18,21,23-24,29H,9,12-14H2,1-8H3/t18-,21+,23+,24-,26-/m1/s1. The van der Waals surface area contributed by atoms with Crippen molar-refractivity contribution in [1.82, 2.24) is 0 Å². The first-order valence-electron chi connectivity index (χ1n) is 12.1. The maximum absolute atomic E-state index is 13.1. The zero-order valence-electron chi connectivity index (χ0n) is 20.7. The van der Waals surface area contributed by atoms with Gasteiger partial charge in [0.1, 0.15) is 11.4 Å². The highest BCUT2D eigenvalue weighted by atomic mass is 28.4. The topological polar surface area (TPSA) is 63.6 Å². The lowest BCUT2D eigenvalue weighted by molar-refractivity contribution is -0.139. The summed E-state index contributed by atoms with van der Waals surface area (Å²) in [6.45, 7) is 18.0. The van der Waals surface area contributed by atoms with Gasteiger partial charge in [-0.1, -0.05) is 60.6 Å². The van der Waals surface area contributed by atoms with E-state index < -0.39 is 13.9 Å². The average Bonchev–Trinajstić information content (AvgIpc) is 2.78. The SMILES string of the molecule is CC1=C[C@H]2[C@@H]3[C@H](C)CC(=O)C[C@@H]3C=C(CO[Si](C(C)C)(C(C)C)C(C)C)C[C@]2(O)C1=O. The highest BCUT2D eigenvalue weighted by Crippen LogP contribution is 2.52. The largest absolute Gasteiger partial charge is 0.412 e. The molecule has 174 valence electrons. The molecule has 4 nitrogen and oxygen atoms in total. The van der Waals surface area contributed by atoms with Crippen LogP contribution >= 0.6 is 0 Å². The Morgan fingerprint density at radius 3 is 2.19 bits per heavy atom. The Morgan fingerprint density at radius 2 is 1.65 bits per heavy atom. The van der Waals surface area contributed by atoms with Gasteiger partial charge in [-0.2, -0.15) is 0 Å². The lowest BCUT2D eigenvalue weighted by atomic mass is 9.64. The Labute approximate surface area is 189 Å². The number of carbonyl (C=O) groups excluding carboxylic acids is 2. The number of allylic oxidation sites excluding steroid dienone is 1. The predicted octanol–water partition coefficient (Wildman–Crippen LogP) is 5.62. The predicted molar refractivity (Wildman–Crippen MR) is 127 cm³/mol. The van der Waals surface area contributed by atoms with Gasteiger partial charge >= 0.3 is 0 Å². The number of aliphatic hydroxyl groups is 1. The van der Waals surface area contributed by atoms with E-state index in [4.69, 9.17) is 4.43 Å². The number of rotatable bonds is 6. The number of Topliss-reactive ketones (excluding diaryl/α,β-unsaturated/α-hetero) is 2. The first-order chi connectivity index (χ1) is 14.3. The van der Waals surface area contributed by atoms with Gasteiger partial charge in [-0.25, -0.2) is 0 Å². The van der Waals surface area contributed by atoms with Gasteiger partial charge in [0.25, 0.3) is 0 Å². The van der Waals surface area contributed by atoms with E-state index in [0.717, 1.165) is 5.57 Å². The number of fused-ring (bicyclic) bond motifs is 3. The molecule has 0 aliphatic heterocycles. The Morgan fingerprint density at radius 1 is 1.06 bits per heavy atom. The second-order valence-electron chi connectivity index (χ2n) is 11.4. The van der Waals surface area contributed by atoms with Crippen LogP contribution in [0.15, 0.2) is 23.3 Å². The van der Waals surface area contributed by atoms with Gasteiger partial charge in [-0.3, -0.25) is 9.59 Å². The molecular weight excluding hydrogens is 404 g/mol. The highest BCUT2D eigenvalue weighted by Gasteiger charge is 2.56. The second-order valence-corrected chi connectivity index (χ2v) is 16.9. The van der Waals surface area contributed by atoms with Gasteiger partial charge in [-0.05, 0) is 52.4 Å². The Bertz CT molecular complexity index is 771. The number of hydrogen-bond acceptors (Lipinski definition) is 4. The molecule has 0 radical (unpaired) electrons. The first-order valence-corrected chi connectivity index (χ1v) is 14.3. The minimum Gasteiger partial charge on any atom is -0.412 e. The van der Waals surface area contributed by atoms with Crippen molar-refractivity contribution in [3.05, 3.63) is 23.3 Å². The molecule has 0 amide bonds. The van der Waals surface area contributed by atoms with Crippen molar-refractivity contribution in [3.8, 4) is 0 Å². The van der Waals surface area contributed by atoms with Crippen LogP contribution in [-0.4, -0.2) is 37.2 Å². The van der Waals surface area contributed by atoms with Crippen molar-refractivity contribution < 1.29 is 19.1 Å². The van der Waals surface area contributed by atoms with E-state index in [1.54, 1.807) is 0 Å². The average molecular weight is 447 g/mol. The van der Waals surface area contributed by atoms with Crippen LogP contribution in [0.3, 0.4) is 0 Å². The number of carbonyl (C=O) groups is 2. The molecule has 5 heteroatoms. The maximum atomic E-state index is 13.1. The zero-order chi connectivity index (χ0) is 23.3. The monoisotopic (exact) mass is 446 g/mol. The molecule has 0 heterocycles. The van der Waals surface area contributed by atoms with Crippen LogP contribution in [0, 0.1) is 23.7 Å². The fourth-order valence-corrected chi connectivity index (χ4v) is 12.8. The van der Waals surface area contributed by atoms with Crippen LogP contribution in [0.2, 0.25) is 16.6 Å². The molecule has 3 aliphatic carbocycles. The Kier molecular flexibility index (Phi) is 6.92. The van der Waals surface area contributed by atoms with Crippen molar-refractivity contribution in [2.75, 3.05) is 6.61 Å². The summed E-state index contributed by atoms with van der Waals surface area (Å²) in [5, 5.41) is 11.7. The molecule has 3 rings (SSSR count). The molecular formula is C26H42O4Si. The first kappa shape index (κ1) is 24.6. The molecule has 1 N–H and O–H groups in total. The van der Waals surface area contributed by atoms with E-state index in [-0.39, 0.29) is 35.2 Å². The van der Waals surface area contributed by atoms with Crippen LogP contribution in [0.25, 0.3) is 0 Å². The van der Waals surface area contributed by atoms with Crippen LogP contribution in [-0.2, 0) is 14.0 Å². The third-order valence-electron chi connectivity index (χ3n) is 8.47. The molecule has 5 atom stereocenters. The molecule has 0 aromatic carbocycles. The molecule has 0 aromatic rings. The zero-order valence-corrected chi connectivity index (χ0v) is 21.7. The summed E-state index contributed by atoms with van der Waals surface area (Å²) < 4.78 is 6.84. The van der Waals surface area contributed by atoms with Crippen molar-refractivity contribution in [3.63, 3.8) is 0 Å². The number of ketones is 2. The van der Waals surface area contributed by atoms with E-state index in [0.29, 0.717) is 48.1 Å². The van der Waals surface area contributed by atoms with E-state index >= 15 is 0 Å². The van der Waals surface area contributed by atoms with Crippen molar-refractivity contribution in [1.29, 1.82) is 0 Å². The van der Waals surface area contributed by atoms with Gasteiger partial charge in [0.15, 0.2) is 5.78 Å².